The maximum absolute atomic E-state index is 5.06. The van der Waals surface area contributed by atoms with Gasteiger partial charge in [-0.1, -0.05) is 91.0 Å². The molecule has 0 aliphatic rings. The first-order chi connectivity index (χ1) is 16.8. The van der Waals surface area contributed by atoms with Crippen molar-refractivity contribution < 1.29 is 0 Å². The summed E-state index contributed by atoms with van der Waals surface area (Å²) in [6.45, 7) is 0. The third kappa shape index (κ3) is 3.84. The second kappa shape index (κ2) is 8.72. The smallest absolute Gasteiger partial charge is 0.0973 e. The third-order valence-electron chi connectivity index (χ3n) is 5.97. The molecule has 6 aromatic rings. The standard InChI is InChI=1S/C31H21N3/c1-2-8-22(9-3-1)25-10-6-11-26(20-25)31-30(33-28-13-4-5-14-29(28)34-31)24-17-15-23(16-18-24)27-12-7-19-32-21-27/h1-21H. The van der Waals surface area contributed by atoms with Crippen LogP contribution < -0.4 is 0 Å². The molecule has 0 atom stereocenters. The monoisotopic (exact) mass is 435 g/mol. The molecule has 3 nitrogen and oxygen atoms in total. The summed E-state index contributed by atoms with van der Waals surface area (Å²) in [5.74, 6) is 0. The van der Waals surface area contributed by atoms with Crippen molar-refractivity contribution in [2.45, 2.75) is 0 Å². The topological polar surface area (TPSA) is 38.7 Å². The van der Waals surface area contributed by atoms with Gasteiger partial charge >= 0.3 is 0 Å². The molecule has 4 aromatic carbocycles. The summed E-state index contributed by atoms with van der Waals surface area (Å²) < 4.78 is 0. The van der Waals surface area contributed by atoms with Crippen molar-refractivity contribution in [1.29, 1.82) is 0 Å². The number of nitrogens with zero attached hydrogens (tertiary/aromatic N) is 3. The van der Waals surface area contributed by atoms with Gasteiger partial charge in [0.15, 0.2) is 0 Å². The SMILES string of the molecule is c1ccc(-c2cccc(-c3nc4ccccc4nc3-c3ccc(-c4cccnc4)cc3)c2)cc1. The summed E-state index contributed by atoms with van der Waals surface area (Å²) in [5, 5.41) is 0. The van der Waals surface area contributed by atoms with Crippen LogP contribution in [0, 0.1) is 0 Å². The summed E-state index contributed by atoms with van der Waals surface area (Å²) in [7, 11) is 0. The first-order valence-corrected chi connectivity index (χ1v) is 11.3. The van der Waals surface area contributed by atoms with E-state index < -0.39 is 0 Å². The Morgan fingerprint density at radius 2 is 0.941 bits per heavy atom. The van der Waals surface area contributed by atoms with Crippen molar-refractivity contribution >= 4 is 11.0 Å². The highest BCUT2D eigenvalue weighted by Crippen LogP contribution is 2.34. The van der Waals surface area contributed by atoms with Gasteiger partial charge in [-0.3, -0.25) is 4.98 Å². The Balaban J connectivity index is 1.50. The molecular formula is C31H21N3. The molecule has 0 aliphatic carbocycles. The molecule has 0 saturated carbocycles. The van der Waals surface area contributed by atoms with Crippen LogP contribution in [0.4, 0.5) is 0 Å². The van der Waals surface area contributed by atoms with E-state index in [2.05, 4.69) is 83.8 Å². The Hall–Kier alpha value is -4.63. The normalized spacial score (nSPS) is 10.9. The van der Waals surface area contributed by atoms with Gasteiger partial charge in [0.05, 0.1) is 22.4 Å². The molecule has 34 heavy (non-hydrogen) atoms. The largest absolute Gasteiger partial charge is 0.264 e. The lowest BCUT2D eigenvalue weighted by Gasteiger charge is -2.12. The average molecular weight is 436 g/mol. The lowest BCUT2D eigenvalue weighted by molar-refractivity contribution is 1.29. The average Bonchev–Trinajstić information content (AvgIpc) is 2.93. The number of rotatable bonds is 4. The second-order valence-electron chi connectivity index (χ2n) is 8.18. The summed E-state index contributed by atoms with van der Waals surface area (Å²) >= 11 is 0. The van der Waals surface area contributed by atoms with Crippen LogP contribution in [0.25, 0.3) is 55.8 Å². The van der Waals surface area contributed by atoms with E-state index in [1.165, 1.54) is 5.56 Å². The minimum atomic E-state index is 0.877. The number of hydrogen-bond acceptors (Lipinski definition) is 3. The molecule has 0 N–H and O–H groups in total. The van der Waals surface area contributed by atoms with Crippen LogP contribution >= 0.6 is 0 Å². The number of pyridine rings is 1. The molecule has 2 aromatic heterocycles. The van der Waals surface area contributed by atoms with Crippen molar-refractivity contribution in [3.63, 3.8) is 0 Å². The lowest BCUT2D eigenvalue weighted by atomic mass is 9.98. The maximum atomic E-state index is 5.06. The van der Waals surface area contributed by atoms with Gasteiger partial charge < -0.3 is 0 Å². The molecule has 0 radical (unpaired) electrons. The second-order valence-corrected chi connectivity index (χ2v) is 8.18. The Kier molecular flexibility index (Phi) is 5.13. The zero-order valence-corrected chi connectivity index (χ0v) is 18.5. The fraction of sp³-hybridized carbons (Fsp3) is 0. The molecule has 6 rings (SSSR count). The van der Waals surface area contributed by atoms with E-state index in [0.29, 0.717) is 0 Å². The lowest BCUT2D eigenvalue weighted by Crippen LogP contribution is -1.96. The summed E-state index contributed by atoms with van der Waals surface area (Å²) in [6.07, 6.45) is 3.67. The van der Waals surface area contributed by atoms with Crippen molar-refractivity contribution in [2.24, 2.45) is 0 Å². The van der Waals surface area contributed by atoms with E-state index in [-0.39, 0.29) is 0 Å². The highest BCUT2D eigenvalue weighted by atomic mass is 14.8. The number of hydrogen-bond donors (Lipinski definition) is 0. The van der Waals surface area contributed by atoms with Gasteiger partial charge in [0.1, 0.15) is 0 Å². The summed E-state index contributed by atoms with van der Waals surface area (Å²) in [6, 6.07) is 39.5. The Morgan fingerprint density at radius 3 is 1.65 bits per heavy atom. The zero-order valence-electron chi connectivity index (χ0n) is 18.5. The van der Waals surface area contributed by atoms with Gasteiger partial charge in [0.2, 0.25) is 0 Å². The minimum absolute atomic E-state index is 0.877. The third-order valence-corrected chi connectivity index (χ3v) is 5.97. The van der Waals surface area contributed by atoms with Crippen molar-refractivity contribution in [2.75, 3.05) is 0 Å². The predicted molar refractivity (Wildman–Crippen MR) is 139 cm³/mol. The Labute approximate surface area is 198 Å². The van der Waals surface area contributed by atoms with E-state index in [1.807, 2.05) is 42.6 Å². The molecule has 0 aliphatic heterocycles. The van der Waals surface area contributed by atoms with Crippen LogP contribution in [0.15, 0.2) is 128 Å². The highest BCUT2D eigenvalue weighted by molar-refractivity contribution is 5.87. The van der Waals surface area contributed by atoms with Crippen LogP contribution in [-0.2, 0) is 0 Å². The van der Waals surface area contributed by atoms with Gasteiger partial charge in [0.25, 0.3) is 0 Å². The molecule has 0 amide bonds. The van der Waals surface area contributed by atoms with E-state index >= 15 is 0 Å². The molecule has 0 saturated heterocycles. The van der Waals surface area contributed by atoms with Gasteiger partial charge in [0, 0.05) is 23.5 Å². The number of benzene rings is 4. The number of fused-ring (bicyclic) bond motifs is 1. The van der Waals surface area contributed by atoms with E-state index in [0.717, 1.165) is 50.2 Å². The maximum Gasteiger partial charge on any atom is 0.0973 e. The first kappa shape index (κ1) is 20.0. The minimum Gasteiger partial charge on any atom is -0.264 e. The van der Waals surface area contributed by atoms with E-state index in [9.17, 15) is 0 Å². The molecule has 160 valence electrons. The highest BCUT2D eigenvalue weighted by Gasteiger charge is 2.14. The molecule has 0 spiro atoms. The molecule has 0 fully saturated rings. The van der Waals surface area contributed by atoms with E-state index in [4.69, 9.17) is 9.97 Å². The fourth-order valence-corrected chi connectivity index (χ4v) is 4.23. The quantitative estimate of drug-likeness (QED) is 0.285. The van der Waals surface area contributed by atoms with Gasteiger partial charge in [-0.05, 0) is 46.5 Å². The van der Waals surface area contributed by atoms with Gasteiger partial charge in [-0.25, -0.2) is 9.97 Å². The molecule has 2 heterocycles. The van der Waals surface area contributed by atoms with Gasteiger partial charge in [-0.2, -0.15) is 0 Å². The van der Waals surface area contributed by atoms with Crippen LogP contribution in [0.5, 0.6) is 0 Å². The summed E-state index contributed by atoms with van der Waals surface area (Å²) in [4.78, 5) is 14.4. The van der Waals surface area contributed by atoms with Crippen molar-refractivity contribution in [1.82, 2.24) is 15.0 Å². The predicted octanol–water partition coefficient (Wildman–Crippen LogP) is 7.69. The fourth-order valence-electron chi connectivity index (χ4n) is 4.23. The Bertz CT molecular complexity index is 1570. The van der Waals surface area contributed by atoms with Gasteiger partial charge in [-0.15, -0.1) is 0 Å². The number of para-hydroxylation sites is 2. The molecule has 3 heteroatoms. The first-order valence-electron chi connectivity index (χ1n) is 11.3. The molecular weight excluding hydrogens is 414 g/mol. The zero-order chi connectivity index (χ0) is 22.7. The van der Waals surface area contributed by atoms with Crippen molar-refractivity contribution in [3.8, 4) is 44.8 Å². The van der Waals surface area contributed by atoms with Crippen molar-refractivity contribution in [3.05, 3.63) is 128 Å². The van der Waals surface area contributed by atoms with Crippen LogP contribution in [0.3, 0.4) is 0 Å². The summed E-state index contributed by atoms with van der Waals surface area (Å²) in [5.41, 5.74) is 10.2. The number of aromatic nitrogens is 3. The van der Waals surface area contributed by atoms with Crippen LogP contribution in [0.1, 0.15) is 0 Å². The van der Waals surface area contributed by atoms with Crippen LogP contribution in [0.2, 0.25) is 0 Å². The van der Waals surface area contributed by atoms with Crippen LogP contribution in [-0.4, -0.2) is 15.0 Å². The molecule has 0 bridgehead atoms. The van der Waals surface area contributed by atoms with E-state index in [1.54, 1.807) is 6.20 Å². The Morgan fingerprint density at radius 1 is 0.382 bits per heavy atom. The molecule has 0 unspecified atom stereocenters.